The van der Waals surface area contributed by atoms with Gasteiger partial charge in [-0.05, 0) is 42.7 Å². The maximum Gasteiger partial charge on any atom is 0.255 e. The number of benzene rings is 3. The molecule has 0 fully saturated rings. The fourth-order valence-corrected chi connectivity index (χ4v) is 4.58. The van der Waals surface area contributed by atoms with Gasteiger partial charge in [0.1, 0.15) is 17.3 Å². The Labute approximate surface area is 200 Å². The number of hydrogen-bond acceptors (Lipinski definition) is 4. The lowest BCUT2D eigenvalue weighted by molar-refractivity contribution is -0.130. The molecule has 1 atom stereocenters. The van der Waals surface area contributed by atoms with E-state index >= 15 is 0 Å². The molecule has 0 aliphatic carbocycles. The molecule has 0 aromatic heterocycles. The minimum absolute atomic E-state index is 0.0727. The van der Waals surface area contributed by atoms with E-state index in [0.717, 1.165) is 16.7 Å². The number of hydrogen-bond donors (Lipinski definition) is 0. The van der Waals surface area contributed by atoms with Gasteiger partial charge in [-0.1, -0.05) is 60.7 Å². The molecular formula is C29H29NO4. The van der Waals surface area contributed by atoms with Crippen molar-refractivity contribution in [1.29, 1.82) is 0 Å². The van der Waals surface area contributed by atoms with Crippen LogP contribution in [0.2, 0.25) is 0 Å². The van der Waals surface area contributed by atoms with E-state index in [4.69, 9.17) is 9.47 Å². The van der Waals surface area contributed by atoms with Crippen molar-refractivity contribution in [2.75, 3.05) is 14.2 Å². The van der Waals surface area contributed by atoms with Crippen LogP contribution in [0.5, 0.6) is 11.5 Å². The smallest absolute Gasteiger partial charge is 0.255 e. The highest BCUT2D eigenvalue weighted by Gasteiger charge is 2.46. The summed E-state index contributed by atoms with van der Waals surface area (Å²) in [7, 11) is 3.22. The molecule has 3 aromatic carbocycles. The molecule has 1 aliphatic rings. The van der Waals surface area contributed by atoms with E-state index < -0.39 is 5.54 Å². The number of nitrogens with zero attached hydrogens (tertiary/aromatic N) is 1. The Bertz CT molecular complexity index is 1200. The standard InChI is InChI=1S/C29H29NO4/c1-21(31)16-17-29(24-12-8-5-9-13-24)19-26(22-10-6-4-7-11-22)28(32)30(29)20-23-14-15-25(33-2)18-27(23)34-3/h4-15,18-19H,16-17,20H2,1-3H3/t29-/m1/s1. The van der Waals surface area contributed by atoms with Crippen molar-refractivity contribution in [2.24, 2.45) is 0 Å². The van der Waals surface area contributed by atoms with Crippen molar-refractivity contribution in [2.45, 2.75) is 31.8 Å². The summed E-state index contributed by atoms with van der Waals surface area (Å²) in [6.07, 6.45) is 2.89. The third kappa shape index (κ3) is 4.46. The molecule has 174 valence electrons. The fraction of sp³-hybridized carbons (Fsp3) is 0.241. The van der Waals surface area contributed by atoms with Gasteiger partial charge in [0, 0.05) is 23.6 Å². The highest BCUT2D eigenvalue weighted by molar-refractivity contribution is 6.22. The Balaban J connectivity index is 1.87. The molecular weight excluding hydrogens is 426 g/mol. The van der Waals surface area contributed by atoms with E-state index in [1.165, 1.54) is 0 Å². The third-order valence-electron chi connectivity index (χ3n) is 6.38. The second-order valence-corrected chi connectivity index (χ2v) is 8.49. The summed E-state index contributed by atoms with van der Waals surface area (Å²) in [5, 5.41) is 0. The predicted molar refractivity (Wildman–Crippen MR) is 133 cm³/mol. The number of methoxy groups -OCH3 is 2. The lowest BCUT2D eigenvalue weighted by atomic mass is 9.83. The van der Waals surface area contributed by atoms with Gasteiger partial charge in [-0.15, -0.1) is 0 Å². The van der Waals surface area contributed by atoms with Crippen molar-refractivity contribution in [3.63, 3.8) is 0 Å². The Morgan fingerprint density at radius 2 is 1.59 bits per heavy atom. The van der Waals surface area contributed by atoms with Gasteiger partial charge in [0.2, 0.25) is 0 Å². The molecule has 0 radical (unpaired) electrons. The van der Waals surface area contributed by atoms with Crippen LogP contribution in [0.15, 0.2) is 84.9 Å². The SMILES string of the molecule is COc1ccc(CN2C(=O)C(c3ccccc3)=C[C@]2(CCC(C)=O)c2ccccc2)c(OC)c1. The third-order valence-corrected chi connectivity index (χ3v) is 6.38. The van der Waals surface area contributed by atoms with Gasteiger partial charge in [0.25, 0.3) is 5.91 Å². The van der Waals surface area contributed by atoms with E-state index in [9.17, 15) is 9.59 Å². The lowest BCUT2D eigenvalue weighted by Crippen LogP contribution is -2.44. The average Bonchev–Trinajstić information content (AvgIpc) is 3.16. The molecule has 0 saturated heterocycles. The maximum absolute atomic E-state index is 14.0. The zero-order chi connectivity index (χ0) is 24.1. The van der Waals surface area contributed by atoms with E-state index in [0.29, 0.717) is 36.5 Å². The number of rotatable bonds is 9. The van der Waals surface area contributed by atoms with E-state index in [2.05, 4.69) is 0 Å². The molecule has 5 heteroatoms. The quantitative estimate of drug-likeness (QED) is 0.434. The molecule has 34 heavy (non-hydrogen) atoms. The van der Waals surface area contributed by atoms with Crippen molar-refractivity contribution in [3.05, 3.63) is 102 Å². The number of ether oxygens (including phenoxy) is 2. The van der Waals surface area contributed by atoms with Gasteiger partial charge < -0.3 is 19.2 Å². The highest BCUT2D eigenvalue weighted by Crippen LogP contribution is 2.45. The minimum atomic E-state index is -0.764. The molecule has 3 aromatic rings. The largest absolute Gasteiger partial charge is 0.497 e. The number of carbonyl (C=O) groups excluding carboxylic acids is 2. The minimum Gasteiger partial charge on any atom is -0.497 e. The van der Waals surface area contributed by atoms with Gasteiger partial charge >= 0.3 is 0 Å². The molecule has 0 bridgehead atoms. The van der Waals surface area contributed by atoms with Crippen LogP contribution in [0.1, 0.15) is 36.5 Å². The van der Waals surface area contributed by atoms with Crippen LogP contribution in [-0.4, -0.2) is 30.8 Å². The van der Waals surface area contributed by atoms with Crippen LogP contribution < -0.4 is 9.47 Å². The van der Waals surface area contributed by atoms with Crippen LogP contribution in [0.3, 0.4) is 0 Å². The summed E-state index contributed by atoms with van der Waals surface area (Å²) in [6, 6.07) is 25.2. The van der Waals surface area contributed by atoms with Gasteiger partial charge in [-0.3, -0.25) is 4.79 Å². The normalized spacial score (nSPS) is 17.4. The molecule has 4 rings (SSSR count). The first-order valence-corrected chi connectivity index (χ1v) is 11.3. The molecule has 0 saturated carbocycles. The van der Waals surface area contributed by atoms with E-state index in [-0.39, 0.29) is 11.7 Å². The molecule has 0 N–H and O–H groups in total. The first-order chi connectivity index (χ1) is 16.5. The monoisotopic (exact) mass is 455 g/mol. The first-order valence-electron chi connectivity index (χ1n) is 11.3. The number of amides is 1. The van der Waals surface area contributed by atoms with Gasteiger partial charge in [-0.2, -0.15) is 0 Å². The highest BCUT2D eigenvalue weighted by atomic mass is 16.5. The fourth-order valence-electron chi connectivity index (χ4n) is 4.58. The summed E-state index contributed by atoms with van der Waals surface area (Å²) in [5.74, 6) is 1.35. The van der Waals surface area contributed by atoms with Crippen LogP contribution in [-0.2, 0) is 21.7 Å². The number of Topliss-reactive ketones (excluding diaryl/α,β-unsaturated/α-hetero) is 1. The van der Waals surface area contributed by atoms with Crippen LogP contribution in [0, 0.1) is 0 Å². The number of ketones is 1. The molecule has 1 amide bonds. The first kappa shape index (κ1) is 23.3. The molecule has 1 aliphatic heterocycles. The number of carbonyl (C=O) groups is 2. The molecule has 0 unspecified atom stereocenters. The summed E-state index contributed by atoms with van der Waals surface area (Å²) in [5.41, 5.74) is 2.57. The van der Waals surface area contributed by atoms with Crippen molar-refractivity contribution in [1.82, 2.24) is 4.90 Å². The van der Waals surface area contributed by atoms with Crippen LogP contribution in [0.25, 0.3) is 5.57 Å². The van der Waals surface area contributed by atoms with E-state index in [1.807, 2.05) is 89.8 Å². The lowest BCUT2D eigenvalue weighted by Gasteiger charge is -2.39. The summed E-state index contributed by atoms with van der Waals surface area (Å²) in [6.45, 7) is 1.92. The van der Waals surface area contributed by atoms with E-state index in [1.54, 1.807) is 21.1 Å². The second-order valence-electron chi connectivity index (χ2n) is 8.49. The molecule has 5 nitrogen and oxygen atoms in total. The zero-order valence-electron chi connectivity index (χ0n) is 19.8. The Kier molecular flexibility index (Phi) is 6.82. The molecule has 1 heterocycles. The summed E-state index contributed by atoms with van der Waals surface area (Å²) < 4.78 is 11.0. The zero-order valence-corrected chi connectivity index (χ0v) is 19.8. The summed E-state index contributed by atoms with van der Waals surface area (Å²) >= 11 is 0. The molecule has 0 spiro atoms. The summed E-state index contributed by atoms with van der Waals surface area (Å²) in [4.78, 5) is 27.9. The predicted octanol–water partition coefficient (Wildman–Crippen LogP) is 5.39. The average molecular weight is 456 g/mol. The van der Waals surface area contributed by atoms with Crippen molar-refractivity contribution < 1.29 is 19.1 Å². The second kappa shape index (κ2) is 9.96. The Morgan fingerprint density at radius 3 is 2.21 bits per heavy atom. The van der Waals surface area contributed by atoms with Gasteiger partial charge in [0.05, 0.1) is 26.3 Å². The van der Waals surface area contributed by atoms with Gasteiger partial charge in [0.15, 0.2) is 0 Å². The maximum atomic E-state index is 14.0. The Hall–Kier alpha value is -3.86. The van der Waals surface area contributed by atoms with Gasteiger partial charge in [-0.25, -0.2) is 0 Å². The van der Waals surface area contributed by atoms with Crippen molar-refractivity contribution >= 4 is 17.3 Å². The van der Waals surface area contributed by atoms with Crippen LogP contribution >= 0.6 is 0 Å². The van der Waals surface area contributed by atoms with Crippen molar-refractivity contribution in [3.8, 4) is 11.5 Å². The van der Waals surface area contributed by atoms with Crippen LogP contribution in [0.4, 0.5) is 0 Å². The topological polar surface area (TPSA) is 55.8 Å². The Morgan fingerprint density at radius 1 is 0.912 bits per heavy atom.